The Bertz CT molecular complexity index is 983. The first-order valence-corrected chi connectivity index (χ1v) is 9.42. The smallest absolute Gasteiger partial charge is 0.245 e. The molecule has 8 nitrogen and oxygen atoms in total. The van der Waals surface area contributed by atoms with Crippen LogP contribution in [-0.4, -0.2) is 69.2 Å². The molecule has 3 heterocycles. The van der Waals surface area contributed by atoms with Gasteiger partial charge in [-0.2, -0.15) is 5.10 Å². The fourth-order valence-corrected chi connectivity index (χ4v) is 3.43. The van der Waals surface area contributed by atoms with Crippen LogP contribution in [0.2, 0.25) is 0 Å². The normalized spacial score (nSPS) is 15.1. The number of piperazine rings is 1. The molecule has 1 aromatic carbocycles. The van der Waals surface area contributed by atoms with Crippen LogP contribution in [0, 0.1) is 0 Å². The second kappa shape index (κ2) is 7.85. The highest BCUT2D eigenvalue weighted by molar-refractivity contribution is 5.91. The van der Waals surface area contributed by atoms with Crippen molar-refractivity contribution in [1.82, 2.24) is 24.1 Å². The number of likely N-dealkylation sites (N-methyl/N-ethyl adjacent to an activating group) is 1. The number of benzene rings is 1. The number of para-hydroxylation sites is 1. The first kappa shape index (κ1) is 18.2. The van der Waals surface area contributed by atoms with Gasteiger partial charge in [0.2, 0.25) is 11.8 Å². The van der Waals surface area contributed by atoms with Crippen LogP contribution in [0.5, 0.6) is 0 Å². The van der Waals surface area contributed by atoms with Gasteiger partial charge >= 0.3 is 0 Å². The minimum atomic E-state index is -0.156. The molecule has 8 heteroatoms. The average Bonchev–Trinajstić information content (AvgIpc) is 3.29. The summed E-state index contributed by atoms with van der Waals surface area (Å²) in [5, 5.41) is 8.21. The Hall–Kier alpha value is -3.13. The first-order valence-electron chi connectivity index (χ1n) is 9.42. The van der Waals surface area contributed by atoms with Crippen molar-refractivity contribution in [3.05, 3.63) is 48.8 Å². The number of fused-ring (bicyclic) bond motifs is 1. The van der Waals surface area contributed by atoms with E-state index >= 15 is 0 Å². The Labute approximate surface area is 163 Å². The molecule has 0 atom stereocenters. The molecule has 1 fully saturated rings. The Morgan fingerprint density at radius 3 is 2.61 bits per heavy atom. The van der Waals surface area contributed by atoms with Crippen LogP contribution in [0.25, 0.3) is 10.9 Å². The van der Waals surface area contributed by atoms with Gasteiger partial charge in [0.25, 0.3) is 0 Å². The molecular weight excluding hydrogens is 356 g/mol. The minimum Gasteiger partial charge on any atom is -0.339 e. The van der Waals surface area contributed by atoms with Crippen LogP contribution >= 0.6 is 0 Å². The van der Waals surface area contributed by atoms with Crippen molar-refractivity contribution in [3.8, 4) is 0 Å². The maximum Gasteiger partial charge on any atom is 0.245 e. The van der Waals surface area contributed by atoms with E-state index in [0.717, 1.165) is 37.1 Å². The molecule has 1 N–H and O–H groups in total. The number of nitrogens with one attached hydrogen (secondary N) is 1. The largest absolute Gasteiger partial charge is 0.339 e. The van der Waals surface area contributed by atoms with Crippen LogP contribution in [0.1, 0.15) is 0 Å². The summed E-state index contributed by atoms with van der Waals surface area (Å²) in [4.78, 5) is 28.8. The van der Waals surface area contributed by atoms with E-state index in [0.29, 0.717) is 5.82 Å². The molecule has 146 valence electrons. The van der Waals surface area contributed by atoms with Gasteiger partial charge < -0.3 is 19.7 Å². The quantitative estimate of drug-likeness (QED) is 0.723. The summed E-state index contributed by atoms with van der Waals surface area (Å²) in [7, 11) is 2.06. The molecular formula is C20H24N6O2. The molecule has 2 aromatic heterocycles. The summed E-state index contributed by atoms with van der Waals surface area (Å²) < 4.78 is 3.47. The van der Waals surface area contributed by atoms with Gasteiger partial charge in [0.1, 0.15) is 13.1 Å². The van der Waals surface area contributed by atoms with E-state index in [1.165, 1.54) is 0 Å². The van der Waals surface area contributed by atoms with E-state index in [2.05, 4.69) is 22.4 Å². The number of aromatic nitrogens is 3. The fourth-order valence-electron chi connectivity index (χ4n) is 3.43. The van der Waals surface area contributed by atoms with E-state index in [4.69, 9.17) is 0 Å². The van der Waals surface area contributed by atoms with Crippen molar-refractivity contribution < 1.29 is 9.59 Å². The van der Waals surface area contributed by atoms with Crippen molar-refractivity contribution in [3.63, 3.8) is 0 Å². The summed E-state index contributed by atoms with van der Waals surface area (Å²) in [6.07, 6.45) is 3.62. The standard InChI is InChI=1S/C20H24N6O2/c1-23-10-12-24(13-11-23)20(28)15-26-9-7-18(22-26)21-19(27)14-25-8-6-16-4-2-3-5-17(16)25/h2-9H,10-15H2,1H3,(H,21,22,27). The predicted octanol–water partition coefficient (Wildman–Crippen LogP) is 1.25. The number of hydrogen-bond donors (Lipinski definition) is 1. The average molecular weight is 380 g/mol. The molecule has 0 radical (unpaired) electrons. The zero-order valence-corrected chi connectivity index (χ0v) is 15.9. The lowest BCUT2D eigenvalue weighted by atomic mass is 10.2. The van der Waals surface area contributed by atoms with Crippen LogP contribution in [0.15, 0.2) is 48.8 Å². The molecule has 0 bridgehead atoms. The van der Waals surface area contributed by atoms with E-state index < -0.39 is 0 Å². The van der Waals surface area contributed by atoms with Crippen molar-refractivity contribution in [2.75, 3.05) is 38.5 Å². The molecule has 4 rings (SSSR count). The minimum absolute atomic E-state index is 0.0490. The fraction of sp³-hybridized carbons (Fsp3) is 0.350. The molecule has 2 amide bonds. The van der Waals surface area contributed by atoms with Gasteiger partial charge in [-0.15, -0.1) is 0 Å². The van der Waals surface area contributed by atoms with Gasteiger partial charge in [0, 0.05) is 50.2 Å². The number of anilines is 1. The summed E-state index contributed by atoms with van der Waals surface area (Å²) in [5.74, 6) is 0.345. The van der Waals surface area contributed by atoms with Crippen molar-refractivity contribution in [2.24, 2.45) is 0 Å². The number of hydrogen-bond acceptors (Lipinski definition) is 4. The molecule has 0 unspecified atom stereocenters. The van der Waals surface area contributed by atoms with Gasteiger partial charge in [-0.05, 0) is 24.6 Å². The highest BCUT2D eigenvalue weighted by Gasteiger charge is 2.19. The molecule has 1 aliphatic heterocycles. The van der Waals surface area contributed by atoms with Crippen molar-refractivity contribution in [2.45, 2.75) is 13.1 Å². The van der Waals surface area contributed by atoms with Gasteiger partial charge in [-0.3, -0.25) is 14.3 Å². The Kier molecular flexibility index (Phi) is 5.12. The third-order valence-electron chi connectivity index (χ3n) is 5.06. The van der Waals surface area contributed by atoms with Crippen LogP contribution in [0.4, 0.5) is 5.82 Å². The molecule has 0 aliphatic carbocycles. The highest BCUT2D eigenvalue weighted by Crippen LogP contribution is 2.15. The topological polar surface area (TPSA) is 75.4 Å². The monoisotopic (exact) mass is 380 g/mol. The first-order chi connectivity index (χ1) is 13.6. The zero-order chi connectivity index (χ0) is 19.5. The Morgan fingerprint density at radius 2 is 1.79 bits per heavy atom. The lowest BCUT2D eigenvalue weighted by Crippen LogP contribution is -2.48. The van der Waals surface area contributed by atoms with E-state index in [1.54, 1.807) is 16.9 Å². The predicted molar refractivity (Wildman–Crippen MR) is 107 cm³/mol. The van der Waals surface area contributed by atoms with Gasteiger partial charge in [0.15, 0.2) is 5.82 Å². The highest BCUT2D eigenvalue weighted by atomic mass is 16.2. The van der Waals surface area contributed by atoms with E-state index in [9.17, 15) is 9.59 Å². The molecule has 0 spiro atoms. The number of amides is 2. The van der Waals surface area contributed by atoms with Gasteiger partial charge in [-0.25, -0.2) is 0 Å². The lowest BCUT2D eigenvalue weighted by molar-refractivity contribution is -0.133. The SMILES string of the molecule is CN1CCN(C(=O)Cn2ccc(NC(=O)Cn3ccc4ccccc43)n2)CC1. The Balaban J connectivity index is 1.33. The maximum atomic E-state index is 12.4. The van der Waals surface area contributed by atoms with Crippen LogP contribution < -0.4 is 5.32 Å². The number of carbonyl (C=O) groups excluding carboxylic acids is 2. The lowest BCUT2D eigenvalue weighted by Gasteiger charge is -2.32. The van der Waals surface area contributed by atoms with Crippen LogP contribution in [0.3, 0.4) is 0 Å². The maximum absolute atomic E-state index is 12.4. The number of rotatable bonds is 5. The van der Waals surface area contributed by atoms with Crippen LogP contribution in [-0.2, 0) is 22.7 Å². The zero-order valence-electron chi connectivity index (χ0n) is 15.9. The molecule has 3 aromatic rings. The third kappa shape index (κ3) is 4.07. The number of nitrogens with zero attached hydrogens (tertiary/aromatic N) is 5. The summed E-state index contributed by atoms with van der Waals surface area (Å²) in [5.41, 5.74) is 1.01. The Morgan fingerprint density at radius 1 is 1.00 bits per heavy atom. The summed E-state index contributed by atoms with van der Waals surface area (Å²) in [6, 6.07) is 11.6. The second-order valence-corrected chi connectivity index (χ2v) is 7.13. The van der Waals surface area contributed by atoms with E-state index in [-0.39, 0.29) is 24.9 Å². The molecule has 1 aliphatic rings. The molecule has 28 heavy (non-hydrogen) atoms. The van der Waals surface area contributed by atoms with E-state index in [1.807, 2.05) is 46.0 Å². The van der Waals surface area contributed by atoms with Gasteiger partial charge in [-0.1, -0.05) is 18.2 Å². The summed E-state index contributed by atoms with van der Waals surface area (Å²) >= 11 is 0. The third-order valence-corrected chi connectivity index (χ3v) is 5.06. The van der Waals surface area contributed by atoms with Gasteiger partial charge in [0.05, 0.1) is 0 Å². The number of carbonyl (C=O) groups is 2. The van der Waals surface area contributed by atoms with Crippen molar-refractivity contribution in [1.29, 1.82) is 0 Å². The second-order valence-electron chi connectivity index (χ2n) is 7.13. The summed E-state index contributed by atoms with van der Waals surface area (Å²) in [6.45, 7) is 3.65. The van der Waals surface area contributed by atoms with Crippen molar-refractivity contribution >= 4 is 28.5 Å². The molecule has 0 saturated carbocycles. The molecule has 1 saturated heterocycles.